The summed E-state index contributed by atoms with van der Waals surface area (Å²) in [6, 6.07) is 5.83. The zero-order chi connectivity index (χ0) is 14.3. The lowest BCUT2D eigenvalue weighted by Crippen LogP contribution is -2.22. The molecule has 1 atom stereocenters. The first-order valence-electron chi connectivity index (χ1n) is 7.06. The number of hydrogen-bond acceptors (Lipinski definition) is 2. The lowest BCUT2D eigenvalue weighted by atomic mass is 9.97. The molecule has 0 spiro atoms. The lowest BCUT2D eigenvalue weighted by molar-refractivity contribution is 0.402. The Morgan fingerprint density at radius 3 is 2.63 bits per heavy atom. The van der Waals surface area contributed by atoms with Crippen molar-refractivity contribution < 1.29 is 4.74 Å². The van der Waals surface area contributed by atoms with Gasteiger partial charge in [-0.05, 0) is 61.5 Å². The molecule has 0 fully saturated rings. The SMILES string of the molecule is COc1ccc(Cl)cc1CC(C)CCNCC(C)C. The molecule has 2 nitrogen and oxygen atoms in total. The summed E-state index contributed by atoms with van der Waals surface area (Å²) in [7, 11) is 1.71. The minimum absolute atomic E-state index is 0.618. The summed E-state index contributed by atoms with van der Waals surface area (Å²) in [5, 5.41) is 4.26. The highest BCUT2D eigenvalue weighted by atomic mass is 35.5. The van der Waals surface area contributed by atoms with Gasteiger partial charge >= 0.3 is 0 Å². The van der Waals surface area contributed by atoms with E-state index in [0.29, 0.717) is 11.8 Å². The van der Waals surface area contributed by atoms with E-state index in [0.717, 1.165) is 30.3 Å². The fourth-order valence-corrected chi connectivity index (χ4v) is 2.32. The number of ether oxygens (including phenoxy) is 1. The summed E-state index contributed by atoms with van der Waals surface area (Å²) >= 11 is 6.05. The van der Waals surface area contributed by atoms with Gasteiger partial charge in [-0.25, -0.2) is 0 Å². The summed E-state index contributed by atoms with van der Waals surface area (Å²) in [4.78, 5) is 0. The van der Waals surface area contributed by atoms with Crippen molar-refractivity contribution in [1.29, 1.82) is 0 Å². The Hall–Kier alpha value is -0.730. The van der Waals surface area contributed by atoms with Gasteiger partial charge in [0.1, 0.15) is 5.75 Å². The fraction of sp³-hybridized carbons (Fsp3) is 0.625. The maximum absolute atomic E-state index is 6.05. The number of methoxy groups -OCH3 is 1. The van der Waals surface area contributed by atoms with Crippen LogP contribution in [0.1, 0.15) is 32.8 Å². The molecule has 0 aliphatic carbocycles. The van der Waals surface area contributed by atoms with Crippen molar-refractivity contribution in [3.8, 4) is 5.75 Å². The van der Waals surface area contributed by atoms with Gasteiger partial charge in [0.25, 0.3) is 0 Å². The zero-order valence-electron chi connectivity index (χ0n) is 12.5. The number of hydrogen-bond donors (Lipinski definition) is 1. The van der Waals surface area contributed by atoms with E-state index in [1.807, 2.05) is 18.2 Å². The molecule has 19 heavy (non-hydrogen) atoms. The van der Waals surface area contributed by atoms with Gasteiger partial charge in [0.2, 0.25) is 0 Å². The van der Waals surface area contributed by atoms with Gasteiger partial charge in [-0.1, -0.05) is 32.4 Å². The molecular formula is C16H26ClNO. The van der Waals surface area contributed by atoms with Gasteiger partial charge in [-0.2, -0.15) is 0 Å². The normalized spacial score (nSPS) is 12.7. The monoisotopic (exact) mass is 283 g/mol. The average Bonchev–Trinajstić information content (AvgIpc) is 2.35. The van der Waals surface area contributed by atoms with Crippen molar-refractivity contribution in [3.05, 3.63) is 28.8 Å². The summed E-state index contributed by atoms with van der Waals surface area (Å²) < 4.78 is 5.38. The van der Waals surface area contributed by atoms with E-state index in [2.05, 4.69) is 26.1 Å². The molecular weight excluding hydrogens is 258 g/mol. The fourth-order valence-electron chi connectivity index (χ4n) is 2.12. The van der Waals surface area contributed by atoms with E-state index >= 15 is 0 Å². The Bertz CT molecular complexity index is 379. The van der Waals surface area contributed by atoms with Crippen molar-refractivity contribution in [2.75, 3.05) is 20.2 Å². The van der Waals surface area contributed by atoms with Crippen LogP contribution in [0.5, 0.6) is 5.75 Å². The van der Waals surface area contributed by atoms with Crippen molar-refractivity contribution >= 4 is 11.6 Å². The molecule has 1 N–H and O–H groups in total. The Labute approximate surface area is 122 Å². The second-order valence-corrected chi connectivity index (χ2v) is 6.09. The van der Waals surface area contributed by atoms with E-state index in [9.17, 15) is 0 Å². The highest BCUT2D eigenvalue weighted by molar-refractivity contribution is 6.30. The van der Waals surface area contributed by atoms with E-state index in [-0.39, 0.29) is 0 Å². The second-order valence-electron chi connectivity index (χ2n) is 5.65. The van der Waals surface area contributed by atoms with Gasteiger partial charge in [-0.3, -0.25) is 0 Å². The molecule has 0 radical (unpaired) electrons. The second kappa shape index (κ2) is 8.44. The standard InChI is InChI=1S/C16H26ClNO/c1-12(2)11-18-8-7-13(3)9-14-10-15(17)5-6-16(14)19-4/h5-6,10,12-13,18H,7-9,11H2,1-4H3. The van der Waals surface area contributed by atoms with Crippen LogP contribution in [-0.2, 0) is 6.42 Å². The molecule has 1 aromatic rings. The van der Waals surface area contributed by atoms with Crippen molar-refractivity contribution in [3.63, 3.8) is 0 Å². The van der Waals surface area contributed by atoms with E-state index in [4.69, 9.17) is 16.3 Å². The maximum atomic E-state index is 6.05. The molecule has 0 aromatic heterocycles. The molecule has 1 aromatic carbocycles. The van der Waals surface area contributed by atoms with E-state index in [1.54, 1.807) is 7.11 Å². The van der Waals surface area contributed by atoms with Crippen LogP contribution in [-0.4, -0.2) is 20.2 Å². The molecule has 0 heterocycles. The summed E-state index contributed by atoms with van der Waals surface area (Å²) in [5.74, 6) is 2.27. The molecule has 0 aliphatic heterocycles. The van der Waals surface area contributed by atoms with Gasteiger partial charge in [0.05, 0.1) is 7.11 Å². The van der Waals surface area contributed by atoms with Crippen LogP contribution in [0, 0.1) is 11.8 Å². The first kappa shape index (κ1) is 16.3. The predicted octanol–water partition coefficient (Wildman–Crippen LogP) is 4.16. The van der Waals surface area contributed by atoms with Crippen LogP contribution in [0.15, 0.2) is 18.2 Å². The molecule has 0 saturated heterocycles. The van der Waals surface area contributed by atoms with Gasteiger partial charge in [0.15, 0.2) is 0 Å². The summed E-state index contributed by atoms with van der Waals surface area (Å²) in [6.45, 7) is 8.90. The topological polar surface area (TPSA) is 21.3 Å². The average molecular weight is 284 g/mol. The van der Waals surface area contributed by atoms with Gasteiger partial charge in [-0.15, -0.1) is 0 Å². The summed E-state index contributed by atoms with van der Waals surface area (Å²) in [5.41, 5.74) is 1.20. The van der Waals surface area contributed by atoms with Crippen LogP contribution in [0.4, 0.5) is 0 Å². The van der Waals surface area contributed by atoms with Crippen molar-refractivity contribution in [1.82, 2.24) is 5.32 Å². The summed E-state index contributed by atoms with van der Waals surface area (Å²) in [6.07, 6.45) is 2.18. The first-order valence-corrected chi connectivity index (χ1v) is 7.43. The lowest BCUT2D eigenvalue weighted by Gasteiger charge is -2.15. The number of halogens is 1. The molecule has 3 heteroatoms. The van der Waals surface area contributed by atoms with Crippen LogP contribution in [0.2, 0.25) is 5.02 Å². The molecule has 108 valence electrons. The Kier molecular flexibility index (Phi) is 7.25. The van der Waals surface area contributed by atoms with Crippen molar-refractivity contribution in [2.24, 2.45) is 11.8 Å². The third-order valence-corrected chi connectivity index (χ3v) is 3.41. The van der Waals surface area contributed by atoms with Crippen LogP contribution in [0.25, 0.3) is 0 Å². The van der Waals surface area contributed by atoms with Crippen LogP contribution in [0.3, 0.4) is 0 Å². The quantitative estimate of drug-likeness (QED) is 0.723. The zero-order valence-corrected chi connectivity index (χ0v) is 13.3. The number of rotatable bonds is 8. The molecule has 1 rings (SSSR count). The van der Waals surface area contributed by atoms with Gasteiger partial charge < -0.3 is 10.1 Å². The van der Waals surface area contributed by atoms with Crippen LogP contribution >= 0.6 is 11.6 Å². The largest absolute Gasteiger partial charge is 0.496 e. The third-order valence-electron chi connectivity index (χ3n) is 3.18. The Morgan fingerprint density at radius 1 is 1.26 bits per heavy atom. The van der Waals surface area contributed by atoms with Crippen molar-refractivity contribution in [2.45, 2.75) is 33.6 Å². The maximum Gasteiger partial charge on any atom is 0.122 e. The highest BCUT2D eigenvalue weighted by Gasteiger charge is 2.09. The molecule has 0 saturated carbocycles. The van der Waals surface area contributed by atoms with Gasteiger partial charge in [0, 0.05) is 5.02 Å². The number of benzene rings is 1. The highest BCUT2D eigenvalue weighted by Crippen LogP contribution is 2.25. The third kappa shape index (κ3) is 6.31. The molecule has 0 aliphatic rings. The minimum atomic E-state index is 0.618. The molecule has 0 bridgehead atoms. The Morgan fingerprint density at radius 2 is 2.00 bits per heavy atom. The predicted molar refractivity (Wildman–Crippen MR) is 83.2 cm³/mol. The van der Waals surface area contributed by atoms with E-state index < -0.39 is 0 Å². The minimum Gasteiger partial charge on any atom is -0.496 e. The molecule has 1 unspecified atom stereocenters. The smallest absolute Gasteiger partial charge is 0.122 e. The molecule has 0 amide bonds. The van der Waals surface area contributed by atoms with E-state index in [1.165, 1.54) is 12.0 Å². The number of nitrogens with one attached hydrogen (secondary N) is 1. The first-order chi connectivity index (χ1) is 9.02. The Balaban J connectivity index is 2.43. The van der Waals surface area contributed by atoms with Crippen LogP contribution < -0.4 is 10.1 Å².